The molecule has 1 saturated carbocycles. The summed E-state index contributed by atoms with van der Waals surface area (Å²) in [5, 5.41) is 0. The molecular formula is C18H25NO. The Morgan fingerprint density at radius 1 is 1.15 bits per heavy atom. The highest BCUT2D eigenvalue weighted by Gasteiger charge is 2.29. The van der Waals surface area contributed by atoms with Crippen LogP contribution in [0.1, 0.15) is 48.0 Å². The molecule has 0 amide bonds. The first-order chi connectivity index (χ1) is 9.70. The van der Waals surface area contributed by atoms with Crippen LogP contribution in [-0.4, -0.2) is 30.3 Å². The quantitative estimate of drug-likeness (QED) is 0.778. The Bertz CT molecular complexity index is 465. The predicted octanol–water partition coefficient (Wildman–Crippen LogP) is 3.69. The molecule has 2 bridgehead atoms. The van der Waals surface area contributed by atoms with Crippen LogP contribution in [0.25, 0.3) is 0 Å². The Balaban J connectivity index is 1.51. The van der Waals surface area contributed by atoms with Gasteiger partial charge in [0.25, 0.3) is 0 Å². The smallest absolute Gasteiger partial charge is 0.164 e. The zero-order chi connectivity index (χ0) is 13.9. The highest BCUT2D eigenvalue weighted by atomic mass is 16.1. The second-order valence-electron chi connectivity index (χ2n) is 6.67. The van der Waals surface area contributed by atoms with Crippen molar-refractivity contribution in [3.8, 4) is 0 Å². The number of hydrogen-bond acceptors (Lipinski definition) is 2. The van der Waals surface area contributed by atoms with Crippen molar-refractivity contribution < 1.29 is 4.79 Å². The van der Waals surface area contributed by atoms with E-state index in [-0.39, 0.29) is 0 Å². The molecule has 1 heterocycles. The van der Waals surface area contributed by atoms with E-state index < -0.39 is 0 Å². The van der Waals surface area contributed by atoms with Crippen LogP contribution in [0.2, 0.25) is 0 Å². The number of carbonyl (C=O) groups is 1. The van der Waals surface area contributed by atoms with Crippen molar-refractivity contribution >= 4 is 5.78 Å². The monoisotopic (exact) mass is 271 g/mol. The molecule has 3 rings (SSSR count). The van der Waals surface area contributed by atoms with Crippen molar-refractivity contribution in [3.63, 3.8) is 0 Å². The minimum atomic E-state index is 0.291. The fourth-order valence-electron chi connectivity index (χ4n) is 3.77. The van der Waals surface area contributed by atoms with Gasteiger partial charge in [-0.15, -0.1) is 0 Å². The second-order valence-corrected chi connectivity index (χ2v) is 6.67. The first-order valence-electron chi connectivity index (χ1n) is 8.03. The zero-order valence-corrected chi connectivity index (χ0v) is 12.5. The molecule has 108 valence electrons. The Hall–Kier alpha value is -1.15. The average Bonchev–Trinajstić information content (AvgIpc) is 2.78. The molecule has 2 atom stereocenters. The summed E-state index contributed by atoms with van der Waals surface area (Å²) in [5.74, 6) is 2.16. The summed E-state index contributed by atoms with van der Waals surface area (Å²) in [6.45, 7) is 5.41. The van der Waals surface area contributed by atoms with Crippen LogP contribution < -0.4 is 0 Å². The van der Waals surface area contributed by atoms with Crippen LogP contribution in [0.15, 0.2) is 24.3 Å². The molecule has 0 radical (unpaired) electrons. The number of nitrogens with zero attached hydrogens (tertiary/aromatic N) is 1. The Morgan fingerprint density at radius 3 is 2.70 bits per heavy atom. The van der Waals surface area contributed by atoms with E-state index >= 15 is 0 Å². The largest absolute Gasteiger partial charge is 0.303 e. The first-order valence-corrected chi connectivity index (χ1v) is 8.03. The third-order valence-electron chi connectivity index (χ3n) is 5.05. The maximum Gasteiger partial charge on any atom is 0.164 e. The van der Waals surface area contributed by atoms with Gasteiger partial charge < -0.3 is 4.90 Å². The number of hydrogen-bond donors (Lipinski definition) is 0. The van der Waals surface area contributed by atoms with Crippen molar-refractivity contribution in [1.82, 2.24) is 4.90 Å². The lowest BCUT2D eigenvalue weighted by Gasteiger charge is -2.24. The molecule has 0 aromatic heterocycles. The van der Waals surface area contributed by atoms with Crippen LogP contribution >= 0.6 is 0 Å². The van der Waals surface area contributed by atoms with Gasteiger partial charge in [-0.2, -0.15) is 0 Å². The number of ketones is 1. The standard InChI is InChI=1S/C18H25NO/c1-14-2-6-17(7-3-14)18(20)9-11-19-10-8-15-4-5-16(12-15)13-19/h2-3,6-7,15-16H,4-5,8-13H2,1H3/t15-,16-/m0/s1. The Labute approximate surface area is 122 Å². The normalized spacial score (nSPS) is 26.4. The van der Waals surface area contributed by atoms with Crippen molar-refractivity contribution in [3.05, 3.63) is 35.4 Å². The molecule has 20 heavy (non-hydrogen) atoms. The van der Waals surface area contributed by atoms with Crippen LogP contribution in [0.4, 0.5) is 0 Å². The fraction of sp³-hybridized carbons (Fsp3) is 0.611. The summed E-state index contributed by atoms with van der Waals surface area (Å²) < 4.78 is 0. The zero-order valence-electron chi connectivity index (χ0n) is 12.5. The highest BCUT2D eigenvalue weighted by molar-refractivity contribution is 5.96. The summed E-state index contributed by atoms with van der Waals surface area (Å²) in [7, 11) is 0. The Morgan fingerprint density at radius 2 is 1.90 bits per heavy atom. The number of rotatable bonds is 4. The van der Waals surface area contributed by atoms with E-state index in [0.717, 1.165) is 23.9 Å². The maximum absolute atomic E-state index is 12.2. The van der Waals surface area contributed by atoms with E-state index in [1.807, 2.05) is 24.3 Å². The van der Waals surface area contributed by atoms with E-state index in [1.54, 1.807) is 0 Å². The summed E-state index contributed by atoms with van der Waals surface area (Å²) in [6.07, 6.45) is 6.30. The third kappa shape index (κ3) is 3.29. The van der Waals surface area contributed by atoms with E-state index in [0.29, 0.717) is 12.2 Å². The van der Waals surface area contributed by atoms with E-state index in [4.69, 9.17) is 0 Å². The molecular weight excluding hydrogens is 246 g/mol. The van der Waals surface area contributed by atoms with Gasteiger partial charge in [0.05, 0.1) is 0 Å². The van der Waals surface area contributed by atoms with Gasteiger partial charge in [0.15, 0.2) is 5.78 Å². The van der Waals surface area contributed by atoms with Gasteiger partial charge in [-0.05, 0) is 44.6 Å². The summed E-state index contributed by atoms with van der Waals surface area (Å²) in [4.78, 5) is 14.7. The number of carbonyl (C=O) groups excluding carboxylic acids is 1. The molecule has 1 saturated heterocycles. The highest BCUT2D eigenvalue weighted by Crippen LogP contribution is 2.36. The summed E-state index contributed by atoms with van der Waals surface area (Å²) >= 11 is 0. The Kier molecular flexibility index (Phi) is 4.21. The molecule has 0 N–H and O–H groups in total. The molecule has 1 aromatic carbocycles. The number of likely N-dealkylation sites (tertiary alicyclic amines) is 1. The number of Topliss-reactive ketones (excluding diaryl/α,β-unsaturated/α-hetero) is 1. The SMILES string of the molecule is Cc1ccc(C(=O)CCN2CC[C@@H]3CC[C@@H](C3)C2)cc1. The van der Waals surface area contributed by atoms with Gasteiger partial charge in [0, 0.05) is 25.1 Å². The van der Waals surface area contributed by atoms with Gasteiger partial charge in [0.2, 0.25) is 0 Å². The van der Waals surface area contributed by atoms with E-state index in [2.05, 4.69) is 11.8 Å². The van der Waals surface area contributed by atoms with Crippen LogP contribution in [0.3, 0.4) is 0 Å². The third-order valence-corrected chi connectivity index (χ3v) is 5.05. The second kappa shape index (κ2) is 6.09. The van der Waals surface area contributed by atoms with Gasteiger partial charge >= 0.3 is 0 Å². The molecule has 0 spiro atoms. The molecule has 2 fully saturated rings. The lowest BCUT2D eigenvalue weighted by Crippen LogP contribution is -2.31. The average molecular weight is 271 g/mol. The minimum absolute atomic E-state index is 0.291. The molecule has 1 aliphatic carbocycles. The van der Waals surface area contributed by atoms with Gasteiger partial charge in [0.1, 0.15) is 0 Å². The van der Waals surface area contributed by atoms with Crippen molar-refractivity contribution in [2.24, 2.45) is 11.8 Å². The molecule has 1 aliphatic heterocycles. The van der Waals surface area contributed by atoms with Crippen LogP contribution in [0.5, 0.6) is 0 Å². The van der Waals surface area contributed by atoms with Crippen molar-refractivity contribution in [2.75, 3.05) is 19.6 Å². The molecule has 2 heteroatoms. The summed E-state index contributed by atoms with van der Waals surface area (Å²) in [5.41, 5.74) is 2.08. The molecule has 1 aromatic rings. The van der Waals surface area contributed by atoms with E-state index in [9.17, 15) is 4.79 Å². The van der Waals surface area contributed by atoms with Gasteiger partial charge in [-0.3, -0.25) is 4.79 Å². The molecule has 2 nitrogen and oxygen atoms in total. The van der Waals surface area contributed by atoms with Crippen LogP contribution in [-0.2, 0) is 0 Å². The minimum Gasteiger partial charge on any atom is -0.303 e. The van der Waals surface area contributed by atoms with Gasteiger partial charge in [-0.25, -0.2) is 0 Å². The number of fused-ring (bicyclic) bond motifs is 2. The maximum atomic E-state index is 12.2. The summed E-state index contributed by atoms with van der Waals surface area (Å²) in [6, 6.07) is 7.97. The predicted molar refractivity (Wildman–Crippen MR) is 82.0 cm³/mol. The molecule has 0 unspecified atom stereocenters. The molecule has 2 aliphatic rings. The number of benzene rings is 1. The van der Waals surface area contributed by atoms with E-state index in [1.165, 1.54) is 44.3 Å². The van der Waals surface area contributed by atoms with Gasteiger partial charge in [-0.1, -0.05) is 36.2 Å². The lowest BCUT2D eigenvalue weighted by molar-refractivity contribution is 0.0960. The first kappa shape index (κ1) is 13.8. The number of aryl methyl sites for hydroxylation is 1. The fourth-order valence-corrected chi connectivity index (χ4v) is 3.77. The van der Waals surface area contributed by atoms with Crippen molar-refractivity contribution in [2.45, 2.75) is 39.0 Å². The van der Waals surface area contributed by atoms with Crippen molar-refractivity contribution in [1.29, 1.82) is 0 Å². The lowest BCUT2D eigenvalue weighted by atomic mass is 10.0. The topological polar surface area (TPSA) is 20.3 Å². The van der Waals surface area contributed by atoms with Crippen LogP contribution in [0, 0.1) is 18.8 Å².